The van der Waals surface area contributed by atoms with Gasteiger partial charge in [-0.25, -0.2) is 0 Å². The number of hydrogen-bond acceptors (Lipinski definition) is 1. The lowest BCUT2D eigenvalue weighted by Gasteiger charge is -2.44. The number of nitrogens with one attached hydrogen (secondary N) is 1. The van der Waals surface area contributed by atoms with Crippen LogP contribution < -0.4 is 5.32 Å². The van der Waals surface area contributed by atoms with Crippen molar-refractivity contribution < 1.29 is 0 Å². The highest BCUT2D eigenvalue weighted by Gasteiger charge is 2.36. The molecular formula is C14H29N. The second kappa shape index (κ2) is 6.52. The summed E-state index contributed by atoms with van der Waals surface area (Å²) in [5, 5.41) is 3.46. The van der Waals surface area contributed by atoms with Crippen molar-refractivity contribution in [1.29, 1.82) is 0 Å². The minimum Gasteiger partial charge on any atom is -0.316 e. The maximum atomic E-state index is 3.46. The molecule has 1 aliphatic rings. The molecule has 15 heavy (non-hydrogen) atoms. The Bertz CT molecular complexity index is 159. The third kappa shape index (κ3) is 4.55. The third-order valence-electron chi connectivity index (χ3n) is 3.65. The Morgan fingerprint density at radius 1 is 1.07 bits per heavy atom. The van der Waals surface area contributed by atoms with Gasteiger partial charge in [-0.3, -0.25) is 0 Å². The summed E-state index contributed by atoms with van der Waals surface area (Å²) in [6.07, 6.45) is 10.0. The van der Waals surface area contributed by atoms with Gasteiger partial charge < -0.3 is 5.32 Å². The molecule has 0 aromatic heterocycles. The highest BCUT2D eigenvalue weighted by Crippen LogP contribution is 2.36. The van der Waals surface area contributed by atoms with Crippen LogP contribution in [0.4, 0.5) is 0 Å². The van der Waals surface area contributed by atoms with Crippen molar-refractivity contribution in [2.24, 2.45) is 11.3 Å². The first kappa shape index (κ1) is 13.0. The molecule has 0 amide bonds. The first-order valence-corrected chi connectivity index (χ1v) is 6.89. The van der Waals surface area contributed by atoms with E-state index in [4.69, 9.17) is 0 Å². The van der Waals surface area contributed by atoms with Gasteiger partial charge in [0.25, 0.3) is 0 Å². The van der Waals surface area contributed by atoms with Crippen molar-refractivity contribution >= 4 is 0 Å². The van der Waals surface area contributed by atoms with Crippen LogP contribution in [0.5, 0.6) is 0 Å². The quantitative estimate of drug-likeness (QED) is 0.599. The van der Waals surface area contributed by atoms with Crippen molar-refractivity contribution in [3.8, 4) is 0 Å². The number of hydrogen-bond donors (Lipinski definition) is 1. The molecule has 1 rings (SSSR count). The van der Waals surface area contributed by atoms with E-state index >= 15 is 0 Å². The second-order valence-electron chi connectivity index (χ2n) is 5.87. The molecule has 0 bridgehead atoms. The van der Waals surface area contributed by atoms with Crippen LogP contribution in [0.3, 0.4) is 0 Å². The van der Waals surface area contributed by atoms with E-state index in [1.807, 2.05) is 0 Å². The van der Waals surface area contributed by atoms with Crippen molar-refractivity contribution in [1.82, 2.24) is 5.32 Å². The largest absolute Gasteiger partial charge is 0.316 e. The van der Waals surface area contributed by atoms with Gasteiger partial charge in [-0.15, -0.1) is 0 Å². The minimum absolute atomic E-state index is 0.681. The molecule has 0 atom stereocenters. The normalized spacial score (nSPS) is 19.2. The lowest BCUT2D eigenvalue weighted by molar-refractivity contribution is 0.114. The Morgan fingerprint density at radius 3 is 2.20 bits per heavy atom. The summed E-state index contributed by atoms with van der Waals surface area (Å²) >= 11 is 0. The van der Waals surface area contributed by atoms with Crippen LogP contribution >= 0.6 is 0 Å². The monoisotopic (exact) mass is 211 g/mol. The highest BCUT2D eigenvalue weighted by molar-refractivity contribution is 4.92. The van der Waals surface area contributed by atoms with Crippen LogP contribution in [-0.2, 0) is 0 Å². The van der Waals surface area contributed by atoms with E-state index in [-0.39, 0.29) is 0 Å². The van der Waals surface area contributed by atoms with E-state index < -0.39 is 0 Å². The number of rotatable bonds is 8. The Labute approximate surface area is 96.0 Å². The first-order chi connectivity index (χ1) is 7.18. The predicted octanol–water partition coefficient (Wildman–Crippen LogP) is 3.98. The maximum Gasteiger partial charge on any atom is 0.00203 e. The fourth-order valence-corrected chi connectivity index (χ4v) is 2.87. The van der Waals surface area contributed by atoms with Gasteiger partial charge in [0.2, 0.25) is 0 Å². The van der Waals surface area contributed by atoms with Crippen LogP contribution in [0, 0.1) is 11.3 Å². The molecular weight excluding hydrogens is 182 g/mol. The van der Waals surface area contributed by atoms with Gasteiger partial charge >= 0.3 is 0 Å². The molecule has 0 spiro atoms. The highest BCUT2D eigenvalue weighted by atomic mass is 15.0. The van der Waals surface area contributed by atoms with E-state index in [1.54, 1.807) is 0 Å². The van der Waals surface area contributed by atoms with Crippen LogP contribution in [0.2, 0.25) is 0 Å². The molecule has 0 saturated carbocycles. The molecule has 90 valence electrons. The summed E-state index contributed by atoms with van der Waals surface area (Å²) in [6.45, 7) is 9.56. The molecule has 1 aliphatic heterocycles. The van der Waals surface area contributed by atoms with Gasteiger partial charge in [0, 0.05) is 13.1 Å². The van der Waals surface area contributed by atoms with Gasteiger partial charge in [0.05, 0.1) is 0 Å². The fourth-order valence-electron chi connectivity index (χ4n) is 2.87. The Morgan fingerprint density at radius 2 is 1.73 bits per heavy atom. The smallest absolute Gasteiger partial charge is 0.00203 e. The summed E-state index contributed by atoms with van der Waals surface area (Å²) in [5.74, 6) is 0.864. The standard InChI is InChI=1S/C14H29N/c1-4-5-6-7-8-9-14(10-13(2)3)11-15-12-14/h13,15H,4-12H2,1-3H3. The molecule has 1 heteroatoms. The summed E-state index contributed by atoms with van der Waals surface area (Å²) in [7, 11) is 0. The first-order valence-electron chi connectivity index (χ1n) is 6.89. The Hall–Kier alpha value is -0.0400. The van der Waals surface area contributed by atoms with E-state index in [9.17, 15) is 0 Å². The zero-order valence-corrected chi connectivity index (χ0v) is 10.9. The summed E-state index contributed by atoms with van der Waals surface area (Å²) in [6, 6.07) is 0. The van der Waals surface area contributed by atoms with Crippen molar-refractivity contribution in [2.45, 2.75) is 65.7 Å². The molecule has 0 aromatic carbocycles. The SMILES string of the molecule is CCCCCCCC1(CC(C)C)CNC1. The van der Waals surface area contributed by atoms with Gasteiger partial charge in [0.1, 0.15) is 0 Å². The molecule has 0 unspecified atom stereocenters. The van der Waals surface area contributed by atoms with Gasteiger partial charge in [-0.1, -0.05) is 52.9 Å². The minimum atomic E-state index is 0.681. The topological polar surface area (TPSA) is 12.0 Å². The molecule has 1 N–H and O–H groups in total. The van der Waals surface area contributed by atoms with Crippen LogP contribution in [-0.4, -0.2) is 13.1 Å². The molecule has 1 saturated heterocycles. The Balaban J connectivity index is 2.11. The molecule has 0 radical (unpaired) electrons. The van der Waals surface area contributed by atoms with Crippen molar-refractivity contribution in [3.63, 3.8) is 0 Å². The average Bonchev–Trinajstić information content (AvgIpc) is 2.12. The van der Waals surface area contributed by atoms with Gasteiger partial charge in [-0.2, -0.15) is 0 Å². The lowest BCUT2D eigenvalue weighted by Crippen LogP contribution is -2.53. The lowest BCUT2D eigenvalue weighted by atomic mass is 9.71. The van der Waals surface area contributed by atoms with Gasteiger partial charge in [-0.05, 0) is 24.2 Å². The summed E-state index contributed by atoms with van der Waals surface area (Å²) in [5.41, 5.74) is 0.681. The number of unbranched alkanes of at least 4 members (excludes halogenated alkanes) is 4. The zero-order chi connectivity index (χ0) is 11.1. The maximum absolute atomic E-state index is 3.46. The predicted molar refractivity (Wildman–Crippen MR) is 68.1 cm³/mol. The molecule has 0 aromatic rings. The van der Waals surface area contributed by atoms with E-state index in [1.165, 1.54) is 58.0 Å². The van der Waals surface area contributed by atoms with Crippen LogP contribution in [0.1, 0.15) is 65.7 Å². The molecule has 1 fully saturated rings. The third-order valence-corrected chi connectivity index (χ3v) is 3.65. The van der Waals surface area contributed by atoms with Crippen LogP contribution in [0.15, 0.2) is 0 Å². The zero-order valence-electron chi connectivity index (χ0n) is 10.9. The molecule has 1 heterocycles. The summed E-state index contributed by atoms with van der Waals surface area (Å²) < 4.78 is 0. The Kier molecular flexibility index (Phi) is 5.66. The van der Waals surface area contributed by atoms with Crippen LogP contribution in [0.25, 0.3) is 0 Å². The molecule has 1 nitrogen and oxygen atoms in total. The average molecular weight is 211 g/mol. The van der Waals surface area contributed by atoms with E-state index in [0.717, 1.165) is 5.92 Å². The molecule has 0 aliphatic carbocycles. The van der Waals surface area contributed by atoms with E-state index in [2.05, 4.69) is 26.1 Å². The van der Waals surface area contributed by atoms with Crippen molar-refractivity contribution in [3.05, 3.63) is 0 Å². The second-order valence-corrected chi connectivity index (χ2v) is 5.87. The van der Waals surface area contributed by atoms with Crippen molar-refractivity contribution in [2.75, 3.05) is 13.1 Å². The van der Waals surface area contributed by atoms with Gasteiger partial charge in [0.15, 0.2) is 0 Å². The fraction of sp³-hybridized carbons (Fsp3) is 1.00. The van der Waals surface area contributed by atoms with E-state index in [0.29, 0.717) is 5.41 Å². The summed E-state index contributed by atoms with van der Waals surface area (Å²) in [4.78, 5) is 0.